The fraction of sp³-hybridized carbons (Fsp3) is 1.00. The van der Waals surface area contributed by atoms with E-state index in [2.05, 4.69) is 5.22 Å². The average Bonchev–Trinajstić information content (AvgIpc) is 1.90. The predicted octanol–water partition coefficient (Wildman–Crippen LogP) is 0.265. The summed E-state index contributed by atoms with van der Waals surface area (Å²) in [4.78, 5) is 0. The summed E-state index contributed by atoms with van der Waals surface area (Å²) in [7, 11) is 0. The second kappa shape index (κ2) is 2.61. The third-order valence-corrected chi connectivity index (χ3v) is 1.13. The Morgan fingerprint density at radius 1 is 1.38 bits per heavy atom. The van der Waals surface area contributed by atoms with Gasteiger partial charge >= 0.3 is 0 Å². The van der Waals surface area contributed by atoms with E-state index in [1.165, 1.54) is 0 Å². The van der Waals surface area contributed by atoms with Gasteiger partial charge in [-0.2, -0.15) is 5.53 Å². The normalized spacial score (nSPS) is 20.8. The smallest absolute Gasteiger partial charge is 0.0660 e. The molecule has 1 N–H and O–H groups in total. The highest BCUT2D eigenvalue weighted by Crippen LogP contribution is 1.94. The monoisotopic (exact) mass is 115 g/mol. The molecule has 0 aliphatic carbocycles. The van der Waals surface area contributed by atoms with Crippen molar-refractivity contribution < 1.29 is 4.74 Å². The van der Waals surface area contributed by atoms with Gasteiger partial charge in [0.2, 0.25) is 0 Å². The van der Waals surface area contributed by atoms with Gasteiger partial charge in [-0.05, 0) is 0 Å². The number of nitrogens with zero attached hydrogens (tertiary/aromatic N) is 2. The third kappa shape index (κ3) is 1.16. The zero-order valence-electron chi connectivity index (χ0n) is 4.63. The van der Waals surface area contributed by atoms with E-state index in [0.717, 1.165) is 13.1 Å². The van der Waals surface area contributed by atoms with Crippen LogP contribution in [0.5, 0.6) is 0 Å². The molecule has 0 aromatic heterocycles. The first-order valence-electron chi connectivity index (χ1n) is 2.63. The van der Waals surface area contributed by atoms with Gasteiger partial charge in [-0.15, -0.1) is 0 Å². The highest BCUT2D eigenvalue weighted by atomic mass is 16.5. The van der Waals surface area contributed by atoms with Crippen molar-refractivity contribution in [3.63, 3.8) is 0 Å². The van der Waals surface area contributed by atoms with Crippen molar-refractivity contribution in [2.75, 3.05) is 26.3 Å². The Bertz CT molecular complexity index is 79.4. The zero-order chi connectivity index (χ0) is 5.82. The summed E-state index contributed by atoms with van der Waals surface area (Å²) in [6.45, 7) is 2.96. The molecule has 4 nitrogen and oxygen atoms in total. The lowest BCUT2D eigenvalue weighted by atomic mass is 10.5. The molecule has 0 aromatic carbocycles. The summed E-state index contributed by atoms with van der Waals surface area (Å²) < 4.78 is 5.02. The van der Waals surface area contributed by atoms with Gasteiger partial charge in [-0.3, -0.25) is 5.01 Å². The van der Waals surface area contributed by atoms with E-state index in [9.17, 15) is 0 Å². The van der Waals surface area contributed by atoms with Crippen LogP contribution >= 0.6 is 0 Å². The van der Waals surface area contributed by atoms with Gasteiger partial charge in [0, 0.05) is 0 Å². The van der Waals surface area contributed by atoms with Crippen molar-refractivity contribution in [2.24, 2.45) is 5.22 Å². The molecule has 0 radical (unpaired) electrons. The summed E-state index contributed by atoms with van der Waals surface area (Å²) in [5, 5.41) is 4.93. The van der Waals surface area contributed by atoms with Gasteiger partial charge in [-0.1, -0.05) is 5.22 Å². The van der Waals surface area contributed by atoms with E-state index < -0.39 is 0 Å². The van der Waals surface area contributed by atoms with Gasteiger partial charge < -0.3 is 4.74 Å². The van der Waals surface area contributed by atoms with Crippen LogP contribution in [0.25, 0.3) is 0 Å². The Morgan fingerprint density at radius 3 is 2.38 bits per heavy atom. The Morgan fingerprint density at radius 2 is 2.00 bits per heavy atom. The van der Waals surface area contributed by atoms with Crippen LogP contribution in [0.4, 0.5) is 0 Å². The summed E-state index contributed by atoms with van der Waals surface area (Å²) in [5.41, 5.74) is 6.59. The molecule has 1 aliphatic heterocycles. The molecular weight excluding hydrogens is 106 g/mol. The minimum Gasteiger partial charge on any atom is -0.378 e. The van der Waals surface area contributed by atoms with Crippen molar-refractivity contribution in [3.8, 4) is 0 Å². The Kier molecular flexibility index (Phi) is 1.80. The second-order valence-corrected chi connectivity index (χ2v) is 1.67. The summed E-state index contributed by atoms with van der Waals surface area (Å²) in [6, 6.07) is 0. The maximum absolute atomic E-state index is 6.59. The molecule has 4 heteroatoms. The molecule has 1 fully saturated rings. The highest BCUT2D eigenvalue weighted by molar-refractivity contribution is 4.53. The van der Waals surface area contributed by atoms with E-state index in [1.807, 2.05) is 0 Å². The lowest BCUT2D eigenvalue weighted by Crippen LogP contribution is -2.31. The largest absolute Gasteiger partial charge is 0.378 e. The van der Waals surface area contributed by atoms with Crippen LogP contribution in [0.15, 0.2) is 5.22 Å². The van der Waals surface area contributed by atoms with Crippen molar-refractivity contribution in [3.05, 3.63) is 0 Å². The molecule has 0 bridgehead atoms. The average molecular weight is 115 g/mol. The van der Waals surface area contributed by atoms with Crippen molar-refractivity contribution >= 4 is 0 Å². The van der Waals surface area contributed by atoms with Gasteiger partial charge in [0.1, 0.15) is 0 Å². The topological polar surface area (TPSA) is 48.7 Å². The van der Waals surface area contributed by atoms with E-state index in [1.54, 1.807) is 5.01 Å². The van der Waals surface area contributed by atoms with Crippen LogP contribution in [-0.2, 0) is 4.74 Å². The van der Waals surface area contributed by atoms with Gasteiger partial charge in [0.25, 0.3) is 0 Å². The van der Waals surface area contributed by atoms with E-state index >= 15 is 0 Å². The fourth-order valence-electron chi connectivity index (χ4n) is 0.654. The SMILES string of the molecule is N=NN1CCOCC1. The van der Waals surface area contributed by atoms with Gasteiger partial charge in [0.15, 0.2) is 0 Å². The molecule has 0 atom stereocenters. The number of ether oxygens (including phenoxy) is 1. The van der Waals surface area contributed by atoms with Crippen molar-refractivity contribution in [1.82, 2.24) is 5.01 Å². The number of nitrogens with one attached hydrogen (secondary N) is 1. The predicted molar refractivity (Wildman–Crippen MR) is 27.5 cm³/mol. The Labute approximate surface area is 47.9 Å². The number of hydrogen-bond acceptors (Lipinski definition) is 3. The second-order valence-electron chi connectivity index (χ2n) is 1.67. The first-order chi connectivity index (χ1) is 3.93. The third-order valence-electron chi connectivity index (χ3n) is 1.13. The molecule has 0 unspecified atom stereocenters. The molecule has 1 aliphatic rings. The standard InChI is InChI=1S/C4H9N3O/c5-6-7-1-3-8-4-2-7/h5H,1-4H2. The van der Waals surface area contributed by atoms with E-state index in [-0.39, 0.29) is 0 Å². The maximum Gasteiger partial charge on any atom is 0.0660 e. The summed E-state index contributed by atoms with van der Waals surface area (Å²) in [6.07, 6.45) is 0. The minimum absolute atomic E-state index is 0.711. The molecule has 8 heavy (non-hydrogen) atoms. The summed E-state index contributed by atoms with van der Waals surface area (Å²) in [5.74, 6) is 0. The lowest BCUT2D eigenvalue weighted by Gasteiger charge is -2.21. The van der Waals surface area contributed by atoms with Crippen molar-refractivity contribution in [1.29, 1.82) is 5.53 Å². The maximum atomic E-state index is 6.59. The number of hydrogen-bond donors (Lipinski definition) is 1. The first kappa shape index (κ1) is 5.50. The summed E-state index contributed by atoms with van der Waals surface area (Å²) >= 11 is 0. The van der Waals surface area contributed by atoms with Crippen LogP contribution < -0.4 is 0 Å². The van der Waals surface area contributed by atoms with Crippen LogP contribution in [-0.4, -0.2) is 31.3 Å². The van der Waals surface area contributed by atoms with E-state index in [0.29, 0.717) is 13.2 Å². The van der Waals surface area contributed by atoms with Crippen LogP contribution in [0.1, 0.15) is 0 Å². The van der Waals surface area contributed by atoms with E-state index in [4.69, 9.17) is 10.3 Å². The first-order valence-corrected chi connectivity index (χ1v) is 2.63. The van der Waals surface area contributed by atoms with Crippen molar-refractivity contribution in [2.45, 2.75) is 0 Å². The number of morpholine rings is 1. The van der Waals surface area contributed by atoms with Gasteiger partial charge in [0.05, 0.1) is 26.3 Å². The molecule has 1 heterocycles. The number of rotatable bonds is 1. The Hall–Kier alpha value is -0.640. The molecule has 0 spiro atoms. The fourth-order valence-corrected chi connectivity index (χ4v) is 0.654. The lowest BCUT2D eigenvalue weighted by molar-refractivity contribution is 0.0333. The molecule has 0 aromatic rings. The molecule has 1 saturated heterocycles. The van der Waals surface area contributed by atoms with Crippen LogP contribution in [0, 0.1) is 5.53 Å². The van der Waals surface area contributed by atoms with Crippen LogP contribution in [0.3, 0.4) is 0 Å². The molecular formula is C4H9N3O. The quantitative estimate of drug-likeness (QED) is 0.498. The van der Waals surface area contributed by atoms with Gasteiger partial charge in [-0.25, -0.2) is 0 Å². The molecule has 0 saturated carbocycles. The Balaban J connectivity index is 2.22. The highest BCUT2D eigenvalue weighted by Gasteiger charge is 2.05. The molecule has 1 rings (SSSR count). The molecule has 46 valence electrons. The van der Waals surface area contributed by atoms with Crippen LogP contribution in [0.2, 0.25) is 0 Å². The molecule has 0 amide bonds. The minimum atomic E-state index is 0.711. The zero-order valence-corrected chi connectivity index (χ0v) is 4.63.